The summed E-state index contributed by atoms with van der Waals surface area (Å²) in [5.41, 5.74) is 4.62. The monoisotopic (exact) mass is 306 g/mol. The Bertz CT molecular complexity index is 899. The van der Waals surface area contributed by atoms with Crippen molar-refractivity contribution >= 4 is 22.6 Å². The minimum absolute atomic E-state index is 0.0235. The number of benzene rings is 2. The van der Waals surface area contributed by atoms with Crippen LogP contribution in [0.25, 0.3) is 11.0 Å². The third-order valence-corrected chi connectivity index (χ3v) is 4.49. The maximum Gasteiger partial charge on any atom is 0.258 e. The summed E-state index contributed by atoms with van der Waals surface area (Å²) < 4.78 is 1.83. The number of carbonyl (C=O) groups is 1. The second kappa shape index (κ2) is 5.19. The van der Waals surface area contributed by atoms with E-state index in [0.717, 1.165) is 29.7 Å². The Morgan fingerprint density at radius 2 is 2.09 bits per heavy atom. The van der Waals surface area contributed by atoms with Gasteiger partial charge < -0.3 is 4.90 Å². The lowest BCUT2D eigenvalue weighted by Crippen LogP contribution is -2.35. The number of aryl methyl sites for hydroxylation is 1. The predicted molar refractivity (Wildman–Crippen MR) is 89.6 cm³/mol. The lowest BCUT2D eigenvalue weighted by Gasteiger charge is -2.22. The SMILES string of the molecule is CCn1nnc2cc(C(=O)N3c4ccccc4CC3C)ccc21. The zero-order valence-corrected chi connectivity index (χ0v) is 13.2. The number of fused-ring (bicyclic) bond motifs is 2. The van der Waals surface area contributed by atoms with E-state index in [1.165, 1.54) is 5.56 Å². The summed E-state index contributed by atoms with van der Waals surface area (Å²) in [6, 6.07) is 13.9. The fraction of sp³-hybridized carbons (Fsp3) is 0.278. The molecule has 0 aliphatic carbocycles. The zero-order chi connectivity index (χ0) is 16.0. The fourth-order valence-electron chi connectivity index (χ4n) is 3.35. The molecule has 116 valence electrons. The van der Waals surface area contributed by atoms with Gasteiger partial charge in [0.2, 0.25) is 0 Å². The molecule has 1 aliphatic heterocycles. The first-order valence-electron chi connectivity index (χ1n) is 7.93. The van der Waals surface area contributed by atoms with Gasteiger partial charge in [0.15, 0.2) is 0 Å². The van der Waals surface area contributed by atoms with Crippen molar-refractivity contribution in [2.75, 3.05) is 4.90 Å². The molecule has 1 unspecified atom stereocenters. The van der Waals surface area contributed by atoms with Crippen LogP contribution in [0.1, 0.15) is 29.8 Å². The molecule has 0 spiro atoms. The quantitative estimate of drug-likeness (QED) is 0.731. The van der Waals surface area contributed by atoms with Gasteiger partial charge in [0.05, 0.1) is 5.52 Å². The molecule has 0 saturated carbocycles. The summed E-state index contributed by atoms with van der Waals surface area (Å²) in [4.78, 5) is 14.9. The van der Waals surface area contributed by atoms with Crippen LogP contribution in [-0.4, -0.2) is 26.9 Å². The number of para-hydroxylation sites is 1. The highest BCUT2D eigenvalue weighted by atomic mass is 16.2. The summed E-state index contributed by atoms with van der Waals surface area (Å²) in [5, 5.41) is 8.27. The normalized spacial score (nSPS) is 16.8. The smallest absolute Gasteiger partial charge is 0.258 e. The molecule has 0 fully saturated rings. The van der Waals surface area contributed by atoms with Crippen LogP contribution in [0.15, 0.2) is 42.5 Å². The van der Waals surface area contributed by atoms with E-state index >= 15 is 0 Å². The van der Waals surface area contributed by atoms with Gasteiger partial charge in [-0.1, -0.05) is 23.4 Å². The van der Waals surface area contributed by atoms with Gasteiger partial charge in [-0.3, -0.25) is 4.79 Å². The maximum absolute atomic E-state index is 13.0. The van der Waals surface area contributed by atoms with E-state index in [1.54, 1.807) is 0 Å². The van der Waals surface area contributed by atoms with Gasteiger partial charge in [-0.15, -0.1) is 5.10 Å². The van der Waals surface area contributed by atoms with Gasteiger partial charge in [-0.25, -0.2) is 4.68 Å². The van der Waals surface area contributed by atoms with E-state index < -0.39 is 0 Å². The largest absolute Gasteiger partial charge is 0.305 e. The van der Waals surface area contributed by atoms with Gasteiger partial charge in [-0.2, -0.15) is 0 Å². The van der Waals surface area contributed by atoms with Crippen LogP contribution in [0.2, 0.25) is 0 Å². The highest BCUT2D eigenvalue weighted by Crippen LogP contribution is 2.33. The molecular weight excluding hydrogens is 288 g/mol. The molecule has 5 nitrogen and oxygen atoms in total. The second-order valence-electron chi connectivity index (χ2n) is 5.97. The maximum atomic E-state index is 13.0. The third kappa shape index (κ3) is 2.11. The van der Waals surface area contributed by atoms with Gasteiger partial charge in [0.1, 0.15) is 5.52 Å². The Morgan fingerprint density at radius 3 is 2.91 bits per heavy atom. The van der Waals surface area contributed by atoms with Crippen molar-refractivity contribution in [3.63, 3.8) is 0 Å². The topological polar surface area (TPSA) is 51.0 Å². The predicted octanol–water partition coefficient (Wildman–Crippen LogP) is 3.04. The minimum atomic E-state index is 0.0235. The first-order valence-corrected chi connectivity index (χ1v) is 7.93. The Balaban J connectivity index is 1.74. The van der Waals surface area contributed by atoms with Crippen molar-refractivity contribution in [3.8, 4) is 0 Å². The second-order valence-corrected chi connectivity index (χ2v) is 5.97. The molecule has 0 N–H and O–H groups in total. The minimum Gasteiger partial charge on any atom is -0.305 e. The van der Waals surface area contributed by atoms with E-state index in [2.05, 4.69) is 23.3 Å². The van der Waals surface area contributed by atoms with E-state index in [1.807, 2.05) is 52.9 Å². The van der Waals surface area contributed by atoms with Gasteiger partial charge >= 0.3 is 0 Å². The Kier molecular flexibility index (Phi) is 3.15. The lowest BCUT2D eigenvalue weighted by molar-refractivity contribution is 0.0981. The zero-order valence-electron chi connectivity index (χ0n) is 13.2. The third-order valence-electron chi connectivity index (χ3n) is 4.49. The molecule has 0 saturated heterocycles. The Hall–Kier alpha value is -2.69. The van der Waals surface area contributed by atoms with Crippen LogP contribution in [0.3, 0.4) is 0 Å². The number of amides is 1. The van der Waals surface area contributed by atoms with Crippen molar-refractivity contribution in [3.05, 3.63) is 53.6 Å². The Morgan fingerprint density at radius 1 is 1.26 bits per heavy atom. The van der Waals surface area contributed by atoms with Crippen LogP contribution in [-0.2, 0) is 13.0 Å². The van der Waals surface area contributed by atoms with Crippen molar-refractivity contribution in [2.24, 2.45) is 0 Å². The average molecular weight is 306 g/mol. The van der Waals surface area contributed by atoms with Crippen LogP contribution in [0.4, 0.5) is 5.69 Å². The van der Waals surface area contributed by atoms with E-state index in [-0.39, 0.29) is 11.9 Å². The number of hydrogen-bond acceptors (Lipinski definition) is 3. The van der Waals surface area contributed by atoms with E-state index in [9.17, 15) is 4.79 Å². The number of nitrogens with zero attached hydrogens (tertiary/aromatic N) is 4. The molecule has 3 aromatic rings. The highest BCUT2D eigenvalue weighted by Gasteiger charge is 2.31. The van der Waals surface area contributed by atoms with Crippen molar-refractivity contribution in [1.82, 2.24) is 15.0 Å². The summed E-state index contributed by atoms with van der Waals surface area (Å²) in [7, 11) is 0. The molecule has 2 heterocycles. The standard InChI is InChI=1S/C18H18N4O/c1-3-21-17-9-8-14(11-15(17)19-20-21)18(23)22-12(2)10-13-6-4-5-7-16(13)22/h4-9,11-12H,3,10H2,1-2H3. The molecule has 1 aliphatic rings. The fourth-order valence-corrected chi connectivity index (χ4v) is 3.35. The van der Waals surface area contributed by atoms with Gasteiger partial charge in [0.25, 0.3) is 5.91 Å². The van der Waals surface area contributed by atoms with Crippen LogP contribution in [0.5, 0.6) is 0 Å². The molecule has 1 atom stereocenters. The number of aromatic nitrogens is 3. The molecule has 2 aromatic carbocycles. The molecule has 23 heavy (non-hydrogen) atoms. The first kappa shape index (κ1) is 13.9. The van der Waals surface area contributed by atoms with Crippen molar-refractivity contribution in [2.45, 2.75) is 32.9 Å². The molecule has 0 bridgehead atoms. The average Bonchev–Trinajstić information content (AvgIpc) is 3.13. The summed E-state index contributed by atoms with van der Waals surface area (Å²) in [6.45, 7) is 4.88. The van der Waals surface area contributed by atoms with Crippen molar-refractivity contribution < 1.29 is 4.79 Å². The van der Waals surface area contributed by atoms with Crippen LogP contribution in [0, 0.1) is 0 Å². The van der Waals surface area contributed by atoms with Crippen molar-refractivity contribution in [1.29, 1.82) is 0 Å². The molecule has 0 radical (unpaired) electrons. The highest BCUT2D eigenvalue weighted by molar-refractivity contribution is 6.09. The number of carbonyl (C=O) groups excluding carboxylic acids is 1. The lowest BCUT2D eigenvalue weighted by atomic mass is 10.1. The molecule has 4 rings (SSSR count). The van der Waals surface area contributed by atoms with E-state index in [4.69, 9.17) is 0 Å². The summed E-state index contributed by atoms with van der Waals surface area (Å²) in [6.07, 6.45) is 0.899. The number of hydrogen-bond donors (Lipinski definition) is 0. The Labute approximate surface area is 134 Å². The molecule has 1 aromatic heterocycles. The summed E-state index contributed by atoms with van der Waals surface area (Å²) in [5.74, 6) is 0.0235. The first-order chi connectivity index (χ1) is 11.2. The number of rotatable bonds is 2. The number of anilines is 1. The summed E-state index contributed by atoms with van der Waals surface area (Å²) >= 11 is 0. The van der Waals surface area contributed by atoms with E-state index in [0.29, 0.717) is 5.56 Å². The molecular formula is C18H18N4O. The van der Waals surface area contributed by atoms with Crippen LogP contribution >= 0.6 is 0 Å². The van der Waals surface area contributed by atoms with Gasteiger partial charge in [0, 0.05) is 23.8 Å². The molecule has 5 heteroatoms. The molecule has 1 amide bonds. The van der Waals surface area contributed by atoms with Gasteiger partial charge in [-0.05, 0) is 50.1 Å². The van der Waals surface area contributed by atoms with Crippen LogP contribution < -0.4 is 4.90 Å².